The van der Waals surface area contributed by atoms with Crippen LogP contribution < -0.4 is 4.74 Å². The number of nitrogens with zero attached hydrogens (tertiary/aromatic N) is 1. The van der Waals surface area contributed by atoms with Crippen LogP contribution >= 0.6 is 0 Å². The van der Waals surface area contributed by atoms with Crippen molar-refractivity contribution in [1.29, 1.82) is 0 Å². The van der Waals surface area contributed by atoms with Gasteiger partial charge in [0.05, 0.1) is 12.4 Å². The van der Waals surface area contributed by atoms with Gasteiger partial charge in [0.25, 0.3) is 0 Å². The summed E-state index contributed by atoms with van der Waals surface area (Å²) in [6, 6.07) is 4.79. The van der Waals surface area contributed by atoms with Gasteiger partial charge in [-0.1, -0.05) is 17.8 Å². The first-order valence-electron chi connectivity index (χ1n) is 6.28. The molecule has 1 aliphatic rings. The Morgan fingerprint density at radius 2 is 2.10 bits per heavy atom. The molecule has 0 N–H and O–H groups in total. The van der Waals surface area contributed by atoms with Crippen LogP contribution in [0.15, 0.2) is 42.6 Å². The summed E-state index contributed by atoms with van der Waals surface area (Å²) in [6.45, 7) is 4.75. The Morgan fingerprint density at radius 1 is 1.33 bits per heavy atom. The number of methoxy groups -OCH3 is 1. The van der Waals surface area contributed by atoms with E-state index in [-0.39, 0.29) is 38.5 Å². The quantitative estimate of drug-likeness (QED) is 0.593. The van der Waals surface area contributed by atoms with Gasteiger partial charge in [-0.2, -0.15) is 12.2 Å². The molecule has 0 saturated heterocycles. The molecule has 1 aromatic carbocycles. The minimum absolute atomic E-state index is 0. The maximum Gasteiger partial charge on any atom is 0.120 e. The van der Waals surface area contributed by atoms with E-state index in [0.717, 1.165) is 5.70 Å². The Hall–Kier alpha value is -0.966. The van der Waals surface area contributed by atoms with Gasteiger partial charge >= 0.3 is 0 Å². The van der Waals surface area contributed by atoms with Gasteiger partial charge in [0.2, 0.25) is 0 Å². The molecule has 0 saturated carbocycles. The van der Waals surface area contributed by atoms with Crippen LogP contribution in [0.2, 0.25) is 0 Å². The number of rotatable bonds is 5. The van der Waals surface area contributed by atoms with E-state index in [1.165, 1.54) is 6.07 Å². The van der Waals surface area contributed by atoms with E-state index in [2.05, 4.69) is 12.7 Å². The van der Waals surface area contributed by atoms with Crippen LogP contribution in [0.5, 0.6) is 5.75 Å². The first kappa shape index (κ1) is 18.1. The third-order valence-electron chi connectivity index (χ3n) is 3.01. The predicted octanol–water partition coefficient (Wildman–Crippen LogP) is 3.01. The van der Waals surface area contributed by atoms with Crippen LogP contribution in [0.25, 0.3) is 5.70 Å². The molecular weight excluding hydrogens is 346 g/mol. The molecular formula is C16H17FNO2Y-. The van der Waals surface area contributed by atoms with Gasteiger partial charge in [-0.3, -0.25) is 0 Å². The monoisotopic (exact) mass is 363 g/mol. The summed E-state index contributed by atoms with van der Waals surface area (Å²) in [4.78, 5) is 1.80. The Labute approximate surface area is 150 Å². The standard InChI is InChI=1S/C16H17FNO2.Y/c1-12-5-4-6-16(18(12)2)14-8-7-13(11-15(14)17)20-10-9-19-3;/h4-5,7-8,11H,1,9-10H2,2-3H3;/q-1;. The van der Waals surface area contributed by atoms with Crippen molar-refractivity contribution in [3.63, 3.8) is 0 Å². The van der Waals surface area contributed by atoms with Gasteiger partial charge in [0.1, 0.15) is 12.4 Å². The Morgan fingerprint density at radius 3 is 2.76 bits per heavy atom. The molecule has 109 valence electrons. The van der Waals surface area contributed by atoms with Crippen LogP contribution in [-0.2, 0) is 37.4 Å². The molecule has 21 heavy (non-hydrogen) atoms. The molecule has 1 aliphatic heterocycles. The predicted molar refractivity (Wildman–Crippen MR) is 76.5 cm³/mol. The Bertz CT molecular complexity index is 569. The topological polar surface area (TPSA) is 21.7 Å². The van der Waals surface area contributed by atoms with Crippen LogP contribution in [-0.4, -0.2) is 32.3 Å². The summed E-state index contributed by atoms with van der Waals surface area (Å²) in [7, 11) is 3.42. The molecule has 0 fully saturated rings. The second kappa shape index (κ2) is 8.47. The van der Waals surface area contributed by atoms with Crippen molar-refractivity contribution in [3.05, 3.63) is 60.1 Å². The molecule has 0 unspecified atom stereocenters. The Kier molecular flexibility index (Phi) is 7.29. The second-order valence-corrected chi connectivity index (χ2v) is 4.36. The summed E-state index contributed by atoms with van der Waals surface area (Å²) in [5.41, 5.74) is 1.91. The second-order valence-electron chi connectivity index (χ2n) is 4.36. The van der Waals surface area contributed by atoms with Crippen molar-refractivity contribution in [2.24, 2.45) is 0 Å². The fraction of sp³-hybridized carbons (Fsp3) is 0.250. The number of halogens is 1. The normalized spacial score (nSPS) is 13.8. The average Bonchev–Trinajstić information content (AvgIpc) is 2.43. The first-order valence-corrected chi connectivity index (χ1v) is 6.28. The van der Waals surface area contributed by atoms with E-state index >= 15 is 0 Å². The van der Waals surface area contributed by atoms with Gasteiger partial charge < -0.3 is 14.4 Å². The number of allylic oxidation sites excluding steroid dienone is 3. The number of ether oxygens (including phenoxy) is 2. The molecule has 1 aromatic rings. The molecule has 0 bridgehead atoms. The molecule has 0 spiro atoms. The zero-order valence-corrected chi connectivity index (χ0v) is 15.1. The van der Waals surface area contributed by atoms with E-state index in [9.17, 15) is 4.39 Å². The molecule has 0 atom stereocenters. The summed E-state index contributed by atoms with van der Waals surface area (Å²) in [5.74, 6) is 0.133. The van der Waals surface area contributed by atoms with Gasteiger partial charge in [-0.25, -0.2) is 4.39 Å². The van der Waals surface area contributed by atoms with Crippen molar-refractivity contribution in [2.45, 2.75) is 0 Å². The fourth-order valence-corrected chi connectivity index (χ4v) is 1.85. The summed E-state index contributed by atoms with van der Waals surface area (Å²) < 4.78 is 24.5. The van der Waals surface area contributed by atoms with E-state index in [1.54, 1.807) is 30.2 Å². The third kappa shape index (κ3) is 4.50. The maximum atomic E-state index is 14.2. The minimum Gasteiger partial charge on any atom is -0.491 e. The van der Waals surface area contributed by atoms with Gasteiger partial charge in [-0.15, -0.1) is 12.1 Å². The van der Waals surface area contributed by atoms with Crippen LogP contribution in [0, 0.1) is 11.9 Å². The smallest absolute Gasteiger partial charge is 0.120 e. The van der Waals surface area contributed by atoms with Crippen molar-refractivity contribution >= 4 is 5.70 Å². The van der Waals surface area contributed by atoms with E-state index in [4.69, 9.17) is 9.47 Å². The molecule has 5 heteroatoms. The molecule has 3 nitrogen and oxygen atoms in total. The molecule has 1 radical (unpaired) electrons. The van der Waals surface area contributed by atoms with Crippen molar-refractivity contribution < 1.29 is 46.6 Å². The van der Waals surface area contributed by atoms with Gasteiger partial charge in [0, 0.05) is 52.9 Å². The first-order chi connectivity index (χ1) is 9.63. The molecule has 0 aliphatic carbocycles. The maximum absolute atomic E-state index is 14.2. The van der Waals surface area contributed by atoms with Crippen LogP contribution in [0.1, 0.15) is 5.56 Å². The van der Waals surface area contributed by atoms with E-state index in [0.29, 0.717) is 30.2 Å². The number of hydrogen-bond donors (Lipinski definition) is 0. The Balaban J connectivity index is 0.00000220. The largest absolute Gasteiger partial charge is 0.491 e. The molecule has 2 rings (SSSR count). The van der Waals surface area contributed by atoms with Crippen molar-refractivity contribution in [3.8, 4) is 5.75 Å². The molecule has 0 amide bonds. The number of benzene rings is 1. The summed E-state index contributed by atoms with van der Waals surface area (Å²) in [5, 5.41) is 0. The van der Waals surface area contributed by atoms with Crippen LogP contribution in [0.4, 0.5) is 4.39 Å². The summed E-state index contributed by atoms with van der Waals surface area (Å²) in [6.07, 6.45) is 6.59. The molecule has 1 heterocycles. The minimum atomic E-state index is -0.350. The van der Waals surface area contributed by atoms with E-state index < -0.39 is 0 Å². The summed E-state index contributed by atoms with van der Waals surface area (Å²) >= 11 is 0. The van der Waals surface area contributed by atoms with Crippen molar-refractivity contribution in [1.82, 2.24) is 4.90 Å². The number of likely N-dealkylation sites (N-methyl/N-ethyl adjacent to an activating group) is 1. The van der Waals surface area contributed by atoms with Crippen LogP contribution in [0.3, 0.4) is 0 Å². The van der Waals surface area contributed by atoms with E-state index in [1.807, 2.05) is 13.1 Å². The number of hydrogen-bond acceptors (Lipinski definition) is 3. The average molecular weight is 363 g/mol. The zero-order valence-electron chi connectivity index (χ0n) is 12.2. The van der Waals surface area contributed by atoms with Gasteiger partial charge in [0.15, 0.2) is 0 Å². The van der Waals surface area contributed by atoms with Gasteiger partial charge in [-0.05, 0) is 11.8 Å². The zero-order chi connectivity index (χ0) is 14.5. The SMILES string of the molecule is C=C1C=C[C-]=C(c2ccc(OCCOC)cc2F)N1C.[Y]. The fourth-order valence-electron chi connectivity index (χ4n) is 1.85. The third-order valence-corrected chi connectivity index (χ3v) is 3.01. The molecule has 0 aromatic heterocycles. The van der Waals surface area contributed by atoms with Crippen molar-refractivity contribution in [2.75, 3.05) is 27.4 Å².